The summed E-state index contributed by atoms with van der Waals surface area (Å²) in [6, 6.07) is 0. The first kappa shape index (κ1) is 12.2. The van der Waals surface area contributed by atoms with Gasteiger partial charge >= 0.3 is 11.9 Å². The van der Waals surface area contributed by atoms with Gasteiger partial charge in [0.2, 0.25) is 0 Å². The van der Waals surface area contributed by atoms with E-state index < -0.39 is 5.97 Å². The Bertz CT molecular complexity index is 252. The maximum atomic E-state index is 11.5. The van der Waals surface area contributed by atoms with Gasteiger partial charge in [-0.25, -0.2) is 4.79 Å². The van der Waals surface area contributed by atoms with E-state index in [4.69, 9.17) is 5.11 Å². The Morgan fingerprint density at radius 3 is 2.67 bits per heavy atom. The second kappa shape index (κ2) is 5.26. The number of nitrogens with zero attached hydrogens (tertiary/aromatic N) is 1. The van der Waals surface area contributed by atoms with Crippen LogP contribution in [-0.4, -0.2) is 41.6 Å². The Labute approximate surface area is 90.5 Å². The van der Waals surface area contributed by atoms with Gasteiger partial charge in [-0.05, 0) is 19.3 Å². The minimum absolute atomic E-state index is 0.248. The molecule has 0 aromatic heterocycles. The Kier molecular flexibility index (Phi) is 4.27. The van der Waals surface area contributed by atoms with E-state index in [1.807, 2.05) is 7.05 Å². The van der Waals surface area contributed by atoms with E-state index in [-0.39, 0.29) is 6.42 Å². The van der Waals surface area contributed by atoms with Gasteiger partial charge in [0.1, 0.15) is 0 Å². The van der Waals surface area contributed by atoms with E-state index in [1.54, 1.807) is 0 Å². The number of quaternary nitrogens is 1. The zero-order chi connectivity index (χ0) is 11.3. The monoisotopic (exact) mass is 214 g/mol. The van der Waals surface area contributed by atoms with Crippen molar-refractivity contribution in [2.24, 2.45) is 0 Å². The zero-order valence-corrected chi connectivity index (χ0v) is 9.37. The number of amides is 1. The third kappa shape index (κ3) is 3.63. The maximum Gasteiger partial charge on any atom is 0.313 e. The number of carboxylic acid groups (broad SMARTS) is 1. The minimum Gasteiger partial charge on any atom is -0.481 e. The fourth-order valence-corrected chi connectivity index (χ4v) is 2.12. The van der Waals surface area contributed by atoms with Gasteiger partial charge in [0.25, 0.3) is 0 Å². The second-order valence-electron chi connectivity index (χ2n) is 4.54. The van der Waals surface area contributed by atoms with Gasteiger partial charge in [-0.3, -0.25) is 9.28 Å². The second-order valence-corrected chi connectivity index (χ2v) is 4.54. The molecule has 0 aromatic carbocycles. The van der Waals surface area contributed by atoms with Crippen molar-refractivity contribution in [3.63, 3.8) is 0 Å². The highest BCUT2D eigenvalue weighted by Crippen LogP contribution is 2.19. The van der Waals surface area contributed by atoms with Gasteiger partial charge in [-0.15, -0.1) is 0 Å². The number of likely N-dealkylation sites (tertiary alicyclic amines) is 1. The largest absolute Gasteiger partial charge is 0.481 e. The van der Waals surface area contributed by atoms with Crippen molar-refractivity contribution in [2.75, 3.05) is 20.1 Å². The number of hydrogen-bond donors (Lipinski definition) is 1. The van der Waals surface area contributed by atoms with Crippen molar-refractivity contribution in [1.29, 1.82) is 0 Å². The number of hydrogen-bond acceptors (Lipinski definition) is 2. The van der Waals surface area contributed by atoms with E-state index in [0.717, 1.165) is 38.8 Å². The molecule has 1 saturated heterocycles. The van der Waals surface area contributed by atoms with E-state index in [1.165, 1.54) is 0 Å². The van der Waals surface area contributed by atoms with Crippen molar-refractivity contribution in [2.45, 2.75) is 38.5 Å². The molecule has 4 nitrogen and oxygen atoms in total. The normalized spacial score (nSPS) is 25.8. The van der Waals surface area contributed by atoms with E-state index in [0.29, 0.717) is 16.8 Å². The highest BCUT2D eigenvalue weighted by Gasteiger charge is 2.35. The number of unbranched alkanes of at least 4 members (excludes halogenated alkanes) is 2. The smallest absolute Gasteiger partial charge is 0.313 e. The maximum absolute atomic E-state index is 11.5. The molecule has 0 bridgehead atoms. The number of carbonyl (C=O) groups is 2. The van der Waals surface area contributed by atoms with Crippen LogP contribution in [0.4, 0.5) is 0 Å². The molecule has 0 aromatic rings. The molecular formula is C11H20NO3+. The molecule has 1 aliphatic rings. The summed E-state index contributed by atoms with van der Waals surface area (Å²) in [7, 11) is 1.99. The first-order valence-electron chi connectivity index (χ1n) is 5.64. The minimum atomic E-state index is -0.729. The van der Waals surface area contributed by atoms with Crippen LogP contribution in [0.15, 0.2) is 0 Å². The lowest BCUT2D eigenvalue weighted by molar-refractivity contribution is -0.826. The Balaban J connectivity index is 2.14. The topological polar surface area (TPSA) is 54.4 Å². The average Bonchev–Trinajstić information content (AvgIpc) is 2.46. The van der Waals surface area contributed by atoms with E-state index in [2.05, 4.69) is 0 Å². The molecule has 1 aliphatic heterocycles. The first-order chi connectivity index (χ1) is 7.04. The molecule has 1 fully saturated rings. The van der Waals surface area contributed by atoms with Gasteiger partial charge < -0.3 is 5.11 Å². The molecule has 1 N–H and O–H groups in total. The standard InChI is InChI=1S/C11H19NO3/c1-12(9-5-6-10(12)13)8-4-2-3-7-11(14)15/h2-9H2,1H3/p+1. The summed E-state index contributed by atoms with van der Waals surface area (Å²) >= 11 is 0. The summed E-state index contributed by atoms with van der Waals surface area (Å²) in [6.07, 6.45) is 4.56. The lowest BCUT2D eigenvalue weighted by atomic mass is 10.2. The van der Waals surface area contributed by atoms with Crippen LogP contribution in [0.2, 0.25) is 0 Å². The van der Waals surface area contributed by atoms with Gasteiger partial charge in [-0.2, -0.15) is 0 Å². The van der Waals surface area contributed by atoms with Crippen molar-refractivity contribution < 1.29 is 19.2 Å². The van der Waals surface area contributed by atoms with E-state index >= 15 is 0 Å². The first-order valence-corrected chi connectivity index (χ1v) is 5.64. The Morgan fingerprint density at radius 1 is 1.40 bits per heavy atom. The third-order valence-corrected chi connectivity index (χ3v) is 3.19. The van der Waals surface area contributed by atoms with Crippen LogP contribution in [0, 0.1) is 0 Å². The molecule has 0 saturated carbocycles. The molecule has 1 atom stereocenters. The van der Waals surface area contributed by atoms with Crippen LogP contribution in [0.25, 0.3) is 0 Å². The SMILES string of the molecule is C[N+]1(CCCCCC(=O)O)CCCC1=O. The summed E-state index contributed by atoms with van der Waals surface area (Å²) in [5, 5.41) is 8.46. The summed E-state index contributed by atoms with van der Waals surface area (Å²) in [5.41, 5.74) is 0. The van der Waals surface area contributed by atoms with Gasteiger partial charge in [-0.1, -0.05) is 0 Å². The van der Waals surface area contributed by atoms with Crippen LogP contribution in [-0.2, 0) is 9.59 Å². The predicted molar refractivity (Wildman–Crippen MR) is 56.3 cm³/mol. The van der Waals surface area contributed by atoms with Crippen LogP contribution in [0.5, 0.6) is 0 Å². The van der Waals surface area contributed by atoms with Crippen molar-refractivity contribution >= 4 is 11.9 Å². The molecule has 0 aliphatic carbocycles. The molecule has 4 heteroatoms. The van der Waals surface area contributed by atoms with Crippen LogP contribution >= 0.6 is 0 Å². The van der Waals surface area contributed by atoms with Crippen LogP contribution in [0.1, 0.15) is 38.5 Å². The lowest BCUT2D eigenvalue weighted by Crippen LogP contribution is -2.45. The fourth-order valence-electron chi connectivity index (χ4n) is 2.12. The molecule has 86 valence electrons. The van der Waals surface area contributed by atoms with Crippen molar-refractivity contribution in [1.82, 2.24) is 0 Å². The zero-order valence-electron chi connectivity index (χ0n) is 9.37. The molecule has 0 radical (unpaired) electrons. The van der Waals surface area contributed by atoms with Crippen molar-refractivity contribution in [3.8, 4) is 0 Å². The Hall–Kier alpha value is -0.900. The summed E-state index contributed by atoms with van der Waals surface area (Å²) in [6.45, 7) is 1.83. The summed E-state index contributed by atoms with van der Waals surface area (Å²) in [4.78, 5) is 21.8. The molecule has 1 unspecified atom stereocenters. The molecular weight excluding hydrogens is 194 g/mol. The van der Waals surface area contributed by atoms with Gasteiger partial charge in [0, 0.05) is 12.8 Å². The number of carbonyl (C=O) groups excluding carboxylic acids is 1. The lowest BCUT2D eigenvalue weighted by Gasteiger charge is -2.26. The fraction of sp³-hybridized carbons (Fsp3) is 0.818. The summed E-state index contributed by atoms with van der Waals surface area (Å²) in [5.74, 6) is -0.388. The van der Waals surface area contributed by atoms with Gasteiger partial charge in [0.05, 0.1) is 26.6 Å². The summed E-state index contributed by atoms with van der Waals surface area (Å²) < 4.78 is 0.563. The number of carboxylic acids is 1. The average molecular weight is 214 g/mol. The van der Waals surface area contributed by atoms with Crippen LogP contribution in [0.3, 0.4) is 0 Å². The predicted octanol–water partition coefficient (Wildman–Crippen LogP) is 1.40. The molecule has 15 heavy (non-hydrogen) atoms. The quantitative estimate of drug-likeness (QED) is 0.537. The molecule has 1 rings (SSSR count). The molecule has 0 spiro atoms. The third-order valence-electron chi connectivity index (χ3n) is 3.19. The van der Waals surface area contributed by atoms with Gasteiger partial charge in [0.15, 0.2) is 0 Å². The van der Waals surface area contributed by atoms with Crippen molar-refractivity contribution in [3.05, 3.63) is 0 Å². The van der Waals surface area contributed by atoms with Crippen LogP contribution < -0.4 is 0 Å². The number of rotatable bonds is 6. The van der Waals surface area contributed by atoms with E-state index in [9.17, 15) is 9.59 Å². The molecule has 1 amide bonds. The highest BCUT2D eigenvalue weighted by molar-refractivity contribution is 5.70. The number of aliphatic carboxylic acids is 1. The highest BCUT2D eigenvalue weighted by atomic mass is 16.4. The Morgan fingerprint density at radius 2 is 2.13 bits per heavy atom. The molecule has 1 heterocycles.